The monoisotopic (exact) mass is 354 g/mol. The molecule has 0 aromatic carbocycles. The van der Waals surface area contributed by atoms with Crippen LogP contribution in [0.2, 0.25) is 0 Å². The molecule has 0 N–H and O–H groups in total. The van der Waals surface area contributed by atoms with E-state index >= 15 is 0 Å². The van der Waals surface area contributed by atoms with E-state index in [1.165, 1.54) is 10.6 Å². The molecule has 1 aliphatic carbocycles. The maximum Gasteiger partial charge on any atom is 0.258 e. The molecule has 0 unspecified atom stereocenters. The van der Waals surface area contributed by atoms with Gasteiger partial charge in [0.15, 0.2) is 5.78 Å². The Morgan fingerprint density at radius 2 is 1.83 bits per heavy atom. The van der Waals surface area contributed by atoms with Gasteiger partial charge >= 0.3 is 0 Å². The van der Waals surface area contributed by atoms with E-state index < -0.39 is 10.0 Å². The second kappa shape index (κ2) is 6.33. The summed E-state index contributed by atoms with van der Waals surface area (Å²) < 4.78 is 30.4. The van der Waals surface area contributed by atoms with Gasteiger partial charge in [0.2, 0.25) is 10.0 Å². The highest BCUT2D eigenvalue weighted by atomic mass is 32.2. The fraction of sp³-hybridized carbons (Fsp3) is 0.625. The minimum Gasteiger partial charge on any atom is -0.465 e. The third-order valence-corrected chi connectivity index (χ3v) is 5.97. The van der Waals surface area contributed by atoms with Gasteiger partial charge < -0.3 is 9.32 Å². The van der Waals surface area contributed by atoms with Crippen molar-refractivity contribution >= 4 is 21.7 Å². The molecular weight excluding hydrogens is 332 g/mol. The molecule has 0 radical (unpaired) electrons. The summed E-state index contributed by atoms with van der Waals surface area (Å²) in [5, 5.41) is 0. The summed E-state index contributed by atoms with van der Waals surface area (Å²) in [5.41, 5.74) is 0.801. The molecule has 1 aromatic heterocycles. The molecule has 1 aliphatic heterocycles. The Morgan fingerprint density at radius 3 is 2.54 bits per heavy atom. The SMILES string of the molecule is Cc1oc2c(c1C(=O)N1CCCN(S(C)(=O)=O)CC1)C(=O)CCC2. The van der Waals surface area contributed by atoms with Crippen molar-refractivity contribution in [3.05, 3.63) is 22.6 Å². The Morgan fingerprint density at radius 1 is 1.08 bits per heavy atom. The van der Waals surface area contributed by atoms with Crippen molar-refractivity contribution in [3.63, 3.8) is 0 Å². The van der Waals surface area contributed by atoms with Crippen LogP contribution in [0.3, 0.4) is 0 Å². The first kappa shape index (κ1) is 17.2. The fourth-order valence-electron chi connectivity index (χ4n) is 3.45. The average Bonchev–Trinajstić information content (AvgIpc) is 2.69. The van der Waals surface area contributed by atoms with Crippen LogP contribution in [0.1, 0.15) is 51.5 Å². The highest BCUT2D eigenvalue weighted by Gasteiger charge is 2.33. The van der Waals surface area contributed by atoms with Crippen LogP contribution < -0.4 is 0 Å². The smallest absolute Gasteiger partial charge is 0.258 e. The summed E-state index contributed by atoms with van der Waals surface area (Å²) in [4.78, 5) is 26.8. The normalized spacial score (nSPS) is 19.9. The van der Waals surface area contributed by atoms with E-state index in [9.17, 15) is 18.0 Å². The quantitative estimate of drug-likeness (QED) is 0.797. The van der Waals surface area contributed by atoms with Gasteiger partial charge in [0.25, 0.3) is 5.91 Å². The van der Waals surface area contributed by atoms with Crippen LogP contribution in [0.15, 0.2) is 4.42 Å². The summed E-state index contributed by atoms with van der Waals surface area (Å²) in [6.45, 7) is 3.18. The molecule has 3 rings (SSSR count). The number of fused-ring (bicyclic) bond motifs is 1. The number of aryl methyl sites for hydroxylation is 2. The van der Waals surface area contributed by atoms with Crippen LogP contribution in [-0.4, -0.2) is 61.7 Å². The summed E-state index contributed by atoms with van der Waals surface area (Å²) in [6, 6.07) is 0. The predicted octanol–water partition coefficient (Wildman–Crippen LogP) is 1.21. The lowest BCUT2D eigenvalue weighted by molar-refractivity contribution is 0.0757. The largest absolute Gasteiger partial charge is 0.465 e. The van der Waals surface area contributed by atoms with Crippen molar-refractivity contribution in [3.8, 4) is 0 Å². The van der Waals surface area contributed by atoms with E-state index in [4.69, 9.17) is 4.42 Å². The molecule has 2 aliphatic rings. The van der Waals surface area contributed by atoms with E-state index in [1.54, 1.807) is 11.8 Å². The maximum atomic E-state index is 13.0. The Balaban J connectivity index is 1.85. The molecule has 0 saturated carbocycles. The van der Waals surface area contributed by atoms with Gasteiger partial charge in [-0.25, -0.2) is 12.7 Å². The minimum atomic E-state index is -3.26. The number of ketones is 1. The number of sulfonamides is 1. The zero-order chi connectivity index (χ0) is 17.5. The van der Waals surface area contributed by atoms with Crippen LogP contribution in [0, 0.1) is 6.92 Å². The van der Waals surface area contributed by atoms with E-state index in [2.05, 4.69) is 0 Å². The number of amides is 1. The lowest BCUT2D eigenvalue weighted by atomic mass is 9.93. The van der Waals surface area contributed by atoms with Crippen molar-refractivity contribution in [1.29, 1.82) is 0 Å². The van der Waals surface area contributed by atoms with Gasteiger partial charge in [0, 0.05) is 39.0 Å². The maximum absolute atomic E-state index is 13.0. The third-order valence-electron chi connectivity index (χ3n) is 4.67. The fourth-order valence-corrected chi connectivity index (χ4v) is 4.33. The molecule has 1 saturated heterocycles. The van der Waals surface area contributed by atoms with Crippen LogP contribution in [0.5, 0.6) is 0 Å². The Labute approximate surface area is 141 Å². The average molecular weight is 354 g/mol. The van der Waals surface area contributed by atoms with Gasteiger partial charge in [0.1, 0.15) is 11.5 Å². The zero-order valence-electron chi connectivity index (χ0n) is 14.0. The van der Waals surface area contributed by atoms with E-state index in [0.717, 1.165) is 6.42 Å². The minimum absolute atomic E-state index is 0.0379. The van der Waals surface area contributed by atoms with Crippen molar-refractivity contribution in [1.82, 2.24) is 9.21 Å². The number of carbonyl (C=O) groups is 2. The van der Waals surface area contributed by atoms with Crippen molar-refractivity contribution < 1.29 is 22.4 Å². The van der Waals surface area contributed by atoms with Gasteiger partial charge in [-0.15, -0.1) is 0 Å². The lowest BCUT2D eigenvalue weighted by Gasteiger charge is -2.21. The predicted molar refractivity (Wildman–Crippen MR) is 87.7 cm³/mol. The van der Waals surface area contributed by atoms with Gasteiger partial charge in [0.05, 0.1) is 17.4 Å². The Kier molecular flexibility index (Phi) is 4.52. The standard InChI is InChI=1S/C16H22N2O5S/c1-11-14(15-12(19)5-3-6-13(15)23-11)16(20)17-7-4-8-18(10-9-17)24(2,21)22/h3-10H2,1-2H3. The first-order chi connectivity index (χ1) is 11.3. The highest BCUT2D eigenvalue weighted by Crippen LogP contribution is 2.30. The number of furan rings is 1. The number of Topliss-reactive ketones (excluding diaryl/α,β-unsaturated/α-hetero) is 1. The summed E-state index contributed by atoms with van der Waals surface area (Å²) in [6.07, 6.45) is 3.62. The van der Waals surface area contributed by atoms with Crippen LogP contribution in [0.25, 0.3) is 0 Å². The first-order valence-electron chi connectivity index (χ1n) is 8.19. The number of hydrogen-bond acceptors (Lipinski definition) is 5. The molecule has 132 valence electrons. The molecule has 1 fully saturated rings. The summed E-state index contributed by atoms with van der Waals surface area (Å²) >= 11 is 0. The molecular formula is C16H22N2O5S. The second-order valence-electron chi connectivity index (χ2n) is 6.42. The lowest BCUT2D eigenvalue weighted by Crippen LogP contribution is -2.37. The van der Waals surface area contributed by atoms with Gasteiger partial charge in [-0.1, -0.05) is 0 Å². The molecule has 2 heterocycles. The number of nitrogens with zero attached hydrogens (tertiary/aromatic N) is 2. The van der Waals surface area contributed by atoms with E-state index in [0.29, 0.717) is 61.5 Å². The number of hydrogen-bond donors (Lipinski definition) is 0. The van der Waals surface area contributed by atoms with E-state index in [-0.39, 0.29) is 18.2 Å². The molecule has 1 amide bonds. The van der Waals surface area contributed by atoms with Crippen molar-refractivity contribution in [2.75, 3.05) is 32.4 Å². The number of rotatable bonds is 2. The Hall–Kier alpha value is -1.67. The number of carbonyl (C=O) groups excluding carboxylic acids is 2. The van der Waals surface area contributed by atoms with Crippen molar-refractivity contribution in [2.24, 2.45) is 0 Å². The zero-order valence-corrected chi connectivity index (χ0v) is 14.8. The topological polar surface area (TPSA) is 87.9 Å². The Bertz CT molecular complexity index is 781. The first-order valence-corrected chi connectivity index (χ1v) is 10.0. The van der Waals surface area contributed by atoms with Gasteiger partial charge in [-0.3, -0.25) is 9.59 Å². The molecule has 0 bridgehead atoms. The second-order valence-corrected chi connectivity index (χ2v) is 8.40. The molecule has 7 nitrogen and oxygen atoms in total. The highest BCUT2D eigenvalue weighted by molar-refractivity contribution is 7.88. The summed E-state index contributed by atoms with van der Waals surface area (Å²) in [5.74, 6) is 0.816. The van der Waals surface area contributed by atoms with Crippen LogP contribution in [0.4, 0.5) is 0 Å². The summed E-state index contributed by atoms with van der Waals surface area (Å²) in [7, 11) is -3.26. The molecule has 8 heteroatoms. The molecule has 0 atom stereocenters. The molecule has 0 spiro atoms. The third kappa shape index (κ3) is 3.12. The molecule has 24 heavy (non-hydrogen) atoms. The van der Waals surface area contributed by atoms with Gasteiger partial charge in [-0.05, 0) is 19.8 Å². The molecule has 1 aromatic rings. The van der Waals surface area contributed by atoms with Crippen molar-refractivity contribution in [2.45, 2.75) is 32.6 Å². The van der Waals surface area contributed by atoms with Gasteiger partial charge in [-0.2, -0.15) is 0 Å². The van der Waals surface area contributed by atoms with Crippen LogP contribution in [-0.2, 0) is 16.4 Å². The van der Waals surface area contributed by atoms with E-state index in [1.807, 2.05) is 0 Å². The van der Waals surface area contributed by atoms with Crippen LogP contribution >= 0.6 is 0 Å².